The van der Waals surface area contributed by atoms with Crippen LogP contribution in [0.4, 0.5) is 0 Å². The molecule has 1 fully saturated rings. The summed E-state index contributed by atoms with van der Waals surface area (Å²) in [7, 11) is 0. The molecule has 1 unspecified atom stereocenters. The summed E-state index contributed by atoms with van der Waals surface area (Å²) in [5.41, 5.74) is 0. The van der Waals surface area contributed by atoms with Crippen LogP contribution in [0.15, 0.2) is 0 Å². The number of nitrogens with one attached hydrogen (secondary N) is 1. The minimum absolute atomic E-state index is 0.664. The highest BCUT2D eigenvalue weighted by atomic mass is 15.2. The topological polar surface area (TPSA) is 18.3 Å². The maximum absolute atomic E-state index is 3.50. The summed E-state index contributed by atoms with van der Waals surface area (Å²) in [5.74, 6) is 0. The summed E-state index contributed by atoms with van der Waals surface area (Å²) >= 11 is 0. The first-order chi connectivity index (χ1) is 7.27. The molecule has 3 nitrogen and oxygen atoms in total. The lowest BCUT2D eigenvalue weighted by atomic mass is 10.1. The molecule has 86 valence electrons. The Morgan fingerprint density at radius 2 is 2.33 bits per heavy atom. The fourth-order valence-corrected chi connectivity index (χ4v) is 2.58. The molecular weight excluding hydrogens is 186 g/mol. The molecule has 0 spiro atoms. The Kier molecular flexibility index (Phi) is 3.76. The molecule has 15 heavy (non-hydrogen) atoms. The van der Waals surface area contributed by atoms with Crippen molar-refractivity contribution in [2.45, 2.75) is 38.8 Å². The van der Waals surface area contributed by atoms with Crippen molar-refractivity contribution in [3.63, 3.8) is 0 Å². The van der Waals surface area contributed by atoms with Gasteiger partial charge in [-0.1, -0.05) is 0 Å². The van der Waals surface area contributed by atoms with Crippen LogP contribution in [0.2, 0.25) is 0 Å². The molecule has 2 rings (SSSR count). The van der Waals surface area contributed by atoms with E-state index in [0.29, 0.717) is 6.04 Å². The molecule has 0 aliphatic carbocycles. The van der Waals surface area contributed by atoms with E-state index in [1.807, 2.05) is 0 Å². The lowest BCUT2D eigenvalue weighted by Crippen LogP contribution is -2.51. The highest BCUT2D eigenvalue weighted by Gasteiger charge is 2.25. The first kappa shape index (κ1) is 11.1. The Balaban J connectivity index is 1.86. The van der Waals surface area contributed by atoms with E-state index in [2.05, 4.69) is 34.9 Å². The largest absolute Gasteiger partial charge is 0.315 e. The van der Waals surface area contributed by atoms with Crippen LogP contribution >= 0.6 is 0 Å². The van der Waals surface area contributed by atoms with Gasteiger partial charge in [0.15, 0.2) is 12.8 Å². The second kappa shape index (κ2) is 5.08. The van der Waals surface area contributed by atoms with Crippen molar-refractivity contribution in [2.75, 3.05) is 32.7 Å². The van der Waals surface area contributed by atoms with Gasteiger partial charge in [0.2, 0.25) is 0 Å². The summed E-state index contributed by atoms with van der Waals surface area (Å²) in [6, 6.07) is 1.45. The summed E-state index contributed by atoms with van der Waals surface area (Å²) in [4.78, 5) is 2.63. The van der Waals surface area contributed by atoms with Crippen molar-refractivity contribution in [1.29, 1.82) is 0 Å². The lowest BCUT2D eigenvalue weighted by molar-refractivity contribution is -0.560. The van der Waals surface area contributed by atoms with E-state index >= 15 is 0 Å². The van der Waals surface area contributed by atoms with E-state index in [9.17, 15) is 0 Å². The molecule has 0 aromatic rings. The van der Waals surface area contributed by atoms with Gasteiger partial charge in [0.25, 0.3) is 0 Å². The van der Waals surface area contributed by atoms with Crippen molar-refractivity contribution >= 4 is 6.21 Å². The van der Waals surface area contributed by atoms with E-state index in [1.165, 1.54) is 39.0 Å². The Morgan fingerprint density at radius 1 is 1.47 bits per heavy atom. The molecule has 1 N–H and O–H groups in total. The van der Waals surface area contributed by atoms with Crippen LogP contribution in [-0.4, -0.2) is 60.5 Å². The van der Waals surface area contributed by atoms with Gasteiger partial charge in [-0.15, -0.1) is 0 Å². The van der Waals surface area contributed by atoms with Crippen LogP contribution in [0.5, 0.6) is 0 Å². The predicted octanol–water partition coefficient (Wildman–Crippen LogP) is 0.546. The maximum atomic E-state index is 3.50. The average Bonchev–Trinajstić information content (AvgIpc) is 2.30. The third-order valence-electron chi connectivity index (χ3n) is 3.65. The van der Waals surface area contributed by atoms with Gasteiger partial charge < -0.3 is 5.32 Å². The van der Waals surface area contributed by atoms with Crippen molar-refractivity contribution in [3.8, 4) is 0 Å². The second-order valence-electron chi connectivity index (χ2n) is 5.01. The minimum atomic E-state index is 0.664. The summed E-state index contributed by atoms with van der Waals surface area (Å²) in [5, 5.41) is 3.50. The summed E-state index contributed by atoms with van der Waals surface area (Å²) in [6.45, 7) is 10.5. The fraction of sp³-hybridized carbons (Fsp3) is 0.917. The predicted molar refractivity (Wildman–Crippen MR) is 63.8 cm³/mol. The molecule has 0 amide bonds. The standard InChI is InChI=1S/C12H24N3/c1-11(2)14-6-8-15(9-7-14)12-4-3-5-13-10-12/h6,11-13H,3-5,7-10H2,1-2H3/q+1. The van der Waals surface area contributed by atoms with E-state index < -0.39 is 0 Å². The zero-order valence-corrected chi connectivity index (χ0v) is 10.1. The van der Waals surface area contributed by atoms with Gasteiger partial charge in [-0.3, -0.25) is 4.90 Å². The van der Waals surface area contributed by atoms with Crippen LogP contribution in [0, 0.1) is 0 Å². The zero-order valence-electron chi connectivity index (χ0n) is 10.1. The molecule has 2 heterocycles. The number of hydrogen-bond donors (Lipinski definition) is 1. The maximum Gasteiger partial charge on any atom is 0.155 e. The second-order valence-corrected chi connectivity index (χ2v) is 5.01. The molecule has 2 aliphatic rings. The van der Waals surface area contributed by atoms with Gasteiger partial charge in [-0.2, -0.15) is 0 Å². The number of nitrogens with zero attached hydrogens (tertiary/aromatic N) is 2. The van der Waals surface area contributed by atoms with Crippen LogP contribution in [0.3, 0.4) is 0 Å². The molecule has 0 bridgehead atoms. The van der Waals surface area contributed by atoms with Gasteiger partial charge in [-0.25, -0.2) is 4.58 Å². The Morgan fingerprint density at radius 3 is 2.87 bits per heavy atom. The molecule has 1 saturated heterocycles. The van der Waals surface area contributed by atoms with Gasteiger partial charge >= 0.3 is 0 Å². The van der Waals surface area contributed by atoms with Gasteiger partial charge in [-0.05, 0) is 33.2 Å². The Labute approximate surface area is 93.2 Å². The number of piperidine rings is 1. The molecule has 3 heteroatoms. The third-order valence-corrected chi connectivity index (χ3v) is 3.65. The fourth-order valence-electron chi connectivity index (χ4n) is 2.58. The van der Waals surface area contributed by atoms with Gasteiger partial charge in [0.1, 0.15) is 6.04 Å². The van der Waals surface area contributed by atoms with Crippen LogP contribution < -0.4 is 5.32 Å². The SMILES string of the molecule is CC(C)[N+]1=CCN(C2CCCNC2)CC1. The minimum Gasteiger partial charge on any atom is -0.315 e. The Bertz CT molecular complexity index is 229. The van der Waals surface area contributed by atoms with Crippen molar-refractivity contribution < 1.29 is 4.58 Å². The number of hydrogen-bond acceptors (Lipinski definition) is 2. The summed E-state index contributed by atoms with van der Waals surface area (Å²) < 4.78 is 2.47. The molecule has 0 radical (unpaired) electrons. The summed E-state index contributed by atoms with van der Waals surface area (Å²) in [6.07, 6.45) is 5.10. The van der Waals surface area contributed by atoms with Crippen molar-refractivity contribution in [3.05, 3.63) is 0 Å². The highest BCUT2D eigenvalue weighted by molar-refractivity contribution is 5.54. The van der Waals surface area contributed by atoms with Crippen molar-refractivity contribution in [1.82, 2.24) is 10.2 Å². The first-order valence-electron chi connectivity index (χ1n) is 6.31. The Hall–Kier alpha value is -0.410. The van der Waals surface area contributed by atoms with Gasteiger partial charge in [0.05, 0.1) is 13.1 Å². The monoisotopic (exact) mass is 210 g/mol. The molecule has 0 aromatic carbocycles. The molecular formula is C12H24N3+. The number of rotatable bonds is 2. The van der Waals surface area contributed by atoms with Crippen LogP contribution in [0.25, 0.3) is 0 Å². The van der Waals surface area contributed by atoms with E-state index in [-0.39, 0.29) is 0 Å². The highest BCUT2D eigenvalue weighted by Crippen LogP contribution is 2.11. The lowest BCUT2D eigenvalue weighted by Gasteiger charge is -2.34. The van der Waals surface area contributed by atoms with E-state index in [4.69, 9.17) is 0 Å². The normalized spacial score (nSPS) is 29.3. The van der Waals surface area contributed by atoms with Crippen LogP contribution in [-0.2, 0) is 0 Å². The van der Waals surface area contributed by atoms with Crippen LogP contribution in [0.1, 0.15) is 26.7 Å². The molecule has 1 atom stereocenters. The third kappa shape index (κ3) is 2.79. The zero-order chi connectivity index (χ0) is 10.7. The van der Waals surface area contributed by atoms with Crippen molar-refractivity contribution in [2.24, 2.45) is 0 Å². The van der Waals surface area contributed by atoms with Gasteiger partial charge in [0, 0.05) is 12.6 Å². The van der Waals surface area contributed by atoms with E-state index in [0.717, 1.165) is 12.6 Å². The van der Waals surface area contributed by atoms with E-state index in [1.54, 1.807) is 0 Å². The average molecular weight is 210 g/mol. The molecule has 2 aliphatic heterocycles. The smallest absolute Gasteiger partial charge is 0.155 e. The molecule has 0 saturated carbocycles. The molecule has 0 aromatic heterocycles. The first-order valence-corrected chi connectivity index (χ1v) is 6.31. The quantitative estimate of drug-likeness (QED) is 0.671.